The molecule has 2 aromatic carbocycles. The van der Waals surface area contributed by atoms with Crippen molar-refractivity contribution in [2.75, 3.05) is 12.0 Å². The maximum atomic E-state index is 5.98. The molecule has 1 unspecified atom stereocenters. The van der Waals surface area contributed by atoms with E-state index in [0.717, 1.165) is 35.1 Å². The van der Waals surface area contributed by atoms with Gasteiger partial charge >= 0.3 is 0 Å². The third-order valence-corrected chi connectivity index (χ3v) is 5.17. The summed E-state index contributed by atoms with van der Waals surface area (Å²) < 4.78 is 5.98. The summed E-state index contributed by atoms with van der Waals surface area (Å²) in [4.78, 5) is 4.77. The first-order chi connectivity index (χ1) is 15.7. The van der Waals surface area contributed by atoms with Gasteiger partial charge in [-0.15, -0.1) is 10.2 Å². The van der Waals surface area contributed by atoms with Gasteiger partial charge in [-0.1, -0.05) is 54.6 Å². The summed E-state index contributed by atoms with van der Waals surface area (Å²) in [5.74, 6) is 0.995. The molecule has 2 N–H and O–H groups in total. The number of benzene rings is 2. The highest BCUT2D eigenvalue weighted by Crippen LogP contribution is 2.27. The molecule has 162 valence electrons. The van der Waals surface area contributed by atoms with E-state index in [1.54, 1.807) is 0 Å². The highest BCUT2D eigenvalue weighted by molar-refractivity contribution is 5.94. The molecule has 4 aromatic rings. The molecule has 32 heavy (non-hydrogen) atoms. The molecule has 1 atom stereocenters. The van der Waals surface area contributed by atoms with Gasteiger partial charge in [0.2, 0.25) is 5.88 Å². The first kappa shape index (κ1) is 21.4. The summed E-state index contributed by atoms with van der Waals surface area (Å²) in [7, 11) is 0. The summed E-state index contributed by atoms with van der Waals surface area (Å²) in [6.45, 7) is 6.75. The van der Waals surface area contributed by atoms with Crippen molar-refractivity contribution in [3.63, 3.8) is 0 Å². The lowest BCUT2D eigenvalue weighted by Crippen LogP contribution is -2.22. The van der Waals surface area contributed by atoms with Crippen molar-refractivity contribution >= 4 is 23.3 Å². The Morgan fingerprint density at radius 2 is 1.72 bits per heavy atom. The number of rotatable bonds is 10. The van der Waals surface area contributed by atoms with Gasteiger partial charge in [-0.05, 0) is 43.7 Å². The van der Waals surface area contributed by atoms with Crippen LogP contribution in [0, 0.1) is 0 Å². The number of hydrogen-bond donors (Lipinski definition) is 2. The predicted molar refractivity (Wildman–Crippen MR) is 128 cm³/mol. The van der Waals surface area contributed by atoms with Crippen LogP contribution in [0.2, 0.25) is 0 Å². The van der Waals surface area contributed by atoms with E-state index in [1.165, 1.54) is 5.56 Å². The smallest absolute Gasteiger partial charge is 0.241 e. The average Bonchev–Trinajstić information content (AvgIpc) is 2.84. The number of nitrogens with one attached hydrogen (secondary N) is 2. The molecule has 7 nitrogen and oxygen atoms in total. The largest absolute Gasteiger partial charge is 0.470 e. The minimum Gasteiger partial charge on any atom is -0.470 e. The molecule has 4 rings (SSSR count). The number of pyridine rings is 1. The molecule has 0 fully saturated rings. The van der Waals surface area contributed by atoms with E-state index in [2.05, 4.69) is 63.9 Å². The van der Waals surface area contributed by atoms with Crippen molar-refractivity contribution in [3.05, 3.63) is 89.7 Å². The molecular formula is C25H26N6O. The number of aromatic nitrogens is 3. The quantitative estimate of drug-likeness (QED) is 0.286. The fraction of sp³-hybridized carbons (Fsp3) is 0.200. The molecule has 0 radical (unpaired) electrons. The van der Waals surface area contributed by atoms with Gasteiger partial charge in [-0.25, -0.2) is 0 Å². The number of anilines is 1. The second-order valence-corrected chi connectivity index (χ2v) is 7.42. The standard InChI is InChI=1S/C25H26N6O/c1-18(27-16-15-19-9-4-3-5-10-19)23-14-8-11-20(28-23)17-32-25-22-13-7-6-12-21(22)24(29-26-2)30-31-25/h3-14,18,27H,2,15-17H2,1H3,(H,29,30). The van der Waals surface area contributed by atoms with Crippen LogP contribution in [0.1, 0.15) is 29.9 Å². The van der Waals surface area contributed by atoms with Crippen molar-refractivity contribution in [2.45, 2.75) is 26.0 Å². The Morgan fingerprint density at radius 3 is 2.53 bits per heavy atom. The molecule has 0 bridgehead atoms. The van der Waals surface area contributed by atoms with E-state index in [4.69, 9.17) is 9.72 Å². The number of nitrogens with zero attached hydrogens (tertiary/aromatic N) is 4. The van der Waals surface area contributed by atoms with Crippen LogP contribution < -0.4 is 15.5 Å². The van der Waals surface area contributed by atoms with Gasteiger partial charge < -0.3 is 10.1 Å². The molecule has 0 aliphatic rings. The van der Waals surface area contributed by atoms with Gasteiger partial charge in [0, 0.05) is 23.5 Å². The van der Waals surface area contributed by atoms with Crippen molar-refractivity contribution in [1.82, 2.24) is 20.5 Å². The van der Waals surface area contributed by atoms with Gasteiger partial charge in [0.25, 0.3) is 0 Å². The van der Waals surface area contributed by atoms with E-state index < -0.39 is 0 Å². The van der Waals surface area contributed by atoms with Gasteiger partial charge in [0.05, 0.1) is 11.4 Å². The van der Waals surface area contributed by atoms with Crippen LogP contribution in [0.25, 0.3) is 10.8 Å². The lowest BCUT2D eigenvalue weighted by atomic mass is 10.1. The van der Waals surface area contributed by atoms with Crippen molar-refractivity contribution in [3.8, 4) is 5.88 Å². The van der Waals surface area contributed by atoms with Crippen LogP contribution in [-0.2, 0) is 13.0 Å². The maximum absolute atomic E-state index is 5.98. The Labute approximate surface area is 187 Å². The van der Waals surface area contributed by atoms with Gasteiger partial charge in [-0.3, -0.25) is 10.4 Å². The molecular weight excluding hydrogens is 400 g/mol. The lowest BCUT2D eigenvalue weighted by molar-refractivity contribution is 0.289. The number of hydrogen-bond acceptors (Lipinski definition) is 7. The molecule has 0 aliphatic carbocycles. The molecule has 0 spiro atoms. The summed E-state index contributed by atoms with van der Waals surface area (Å²) >= 11 is 0. The van der Waals surface area contributed by atoms with Crippen LogP contribution in [0.5, 0.6) is 5.88 Å². The number of ether oxygens (including phenoxy) is 1. The van der Waals surface area contributed by atoms with E-state index in [1.807, 2.05) is 48.5 Å². The highest BCUT2D eigenvalue weighted by atomic mass is 16.5. The third-order valence-electron chi connectivity index (χ3n) is 5.17. The SMILES string of the molecule is C=NNc1nnc(OCc2cccc(C(C)NCCc3ccccc3)n2)c2ccccc12. The van der Waals surface area contributed by atoms with Crippen LogP contribution >= 0.6 is 0 Å². The van der Waals surface area contributed by atoms with E-state index in [9.17, 15) is 0 Å². The second kappa shape index (κ2) is 10.5. The van der Waals surface area contributed by atoms with Crippen molar-refractivity contribution in [2.24, 2.45) is 5.10 Å². The first-order valence-corrected chi connectivity index (χ1v) is 10.6. The Morgan fingerprint density at radius 1 is 0.938 bits per heavy atom. The summed E-state index contributed by atoms with van der Waals surface area (Å²) in [5, 5.41) is 17.3. The molecule has 7 heteroatoms. The Bertz CT molecular complexity index is 1180. The van der Waals surface area contributed by atoms with Crippen molar-refractivity contribution in [1.29, 1.82) is 0 Å². The Hall–Kier alpha value is -3.84. The molecule has 0 saturated heterocycles. The second-order valence-electron chi connectivity index (χ2n) is 7.42. The van der Waals surface area contributed by atoms with Gasteiger partial charge in [0.15, 0.2) is 5.82 Å². The van der Waals surface area contributed by atoms with Crippen LogP contribution in [0.4, 0.5) is 5.82 Å². The van der Waals surface area contributed by atoms with Gasteiger partial charge in [-0.2, -0.15) is 5.10 Å². The lowest BCUT2D eigenvalue weighted by Gasteiger charge is -2.15. The minimum absolute atomic E-state index is 0.135. The predicted octanol–water partition coefficient (Wildman–Crippen LogP) is 4.52. The fourth-order valence-corrected chi connectivity index (χ4v) is 3.49. The van der Waals surface area contributed by atoms with Gasteiger partial charge in [0.1, 0.15) is 6.61 Å². The van der Waals surface area contributed by atoms with Crippen LogP contribution in [-0.4, -0.2) is 28.4 Å². The van der Waals surface area contributed by atoms with Crippen LogP contribution in [0.3, 0.4) is 0 Å². The summed E-state index contributed by atoms with van der Waals surface area (Å²) in [6, 6.07) is 24.3. The van der Waals surface area contributed by atoms with Crippen molar-refractivity contribution < 1.29 is 4.74 Å². The summed E-state index contributed by atoms with van der Waals surface area (Å²) in [6.07, 6.45) is 0.978. The van der Waals surface area contributed by atoms with Crippen LogP contribution in [0.15, 0.2) is 77.9 Å². The average molecular weight is 427 g/mol. The Balaban J connectivity index is 1.40. The minimum atomic E-state index is 0.135. The monoisotopic (exact) mass is 426 g/mol. The molecule has 0 amide bonds. The molecule has 0 aliphatic heterocycles. The summed E-state index contributed by atoms with van der Waals surface area (Å²) in [5.41, 5.74) is 5.90. The third kappa shape index (κ3) is 5.25. The fourth-order valence-electron chi connectivity index (χ4n) is 3.49. The molecule has 2 heterocycles. The molecule has 2 aromatic heterocycles. The zero-order valence-electron chi connectivity index (χ0n) is 18.0. The number of hydrazone groups is 1. The van der Waals surface area contributed by atoms with E-state index in [-0.39, 0.29) is 6.04 Å². The molecule has 0 saturated carbocycles. The van der Waals surface area contributed by atoms with E-state index >= 15 is 0 Å². The first-order valence-electron chi connectivity index (χ1n) is 10.6. The Kier molecular flexibility index (Phi) is 6.99. The topological polar surface area (TPSA) is 84.3 Å². The maximum Gasteiger partial charge on any atom is 0.241 e. The van der Waals surface area contributed by atoms with E-state index in [0.29, 0.717) is 18.3 Å². The zero-order chi connectivity index (χ0) is 22.2. The number of fused-ring (bicyclic) bond motifs is 1. The zero-order valence-corrected chi connectivity index (χ0v) is 18.0. The highest BCUT2D eigenvalue weighted by Gasteiger charge is 2.11. The normalized spacial score (nSPS) is 11.8.